The van der Waals surface area contributed by atoms with Crippen LogP contribution in [0.15, 0.2) is 18.5 Å². The number of pyridine rings is 1. The summed E-state index contributed by atoms with van der Waals surface area (Å²) in [5, 5.41) is 0. The van der Waals surface area contributed by atoms with E-state index in [0.717, 1.165) is 6.20 Å². The van der Waals surface area contributed by atoms with E-state index in [4.69, 9.17) is 5.73 Å². The molecule has 0 aromatic carbocycles. The highest BCUT2D eigenvalue weighted by Crippen LogP contribution is 2.07. The van der Waals surface area contributed by atoms with E-state index < -0.39 is 15.7 Å². The number of nitrogens with zero attached hydrogens (tertiary/aromatic N) is 1. The summed E-state index contributed by atoms with van der Waals surface area (Å²) in [6, 6.07) is 1.17. The second-order valence-electron chi connectivity index (χ2n) is 3.25. The van der Waals surface area contributed by atoms with Gasteiger partial charge in [-0.25, -0.2) is 12.8 Å². The van der Waals surface area contributed by atoms with E-state index in [1.54, 1.807) is 0 Å². The van der Waals surface area contributed by atoms with Crippen molar-refractivity contribution in [2.75, 3.05) is 12.3 Å². The Balaban J connectivity index is 2.69. The number of aromatic nitrogens is 1. The first-order valence-corrected chi connectivity index (χ1v) is 6.35. The molecule has 84 valence electrons. The predicted molar refractivity (Wildman–Crippen MR) is 55.4 cm³/mol. The first kappa shape index (κ1) is 12.1. The van der Waals surface area contributed by atoms with Gasteiger partial charge in [0.15, 0.2) is 9.84 Å². The molecule has 0 unspecified atom stereocenters. The van der Waals surface area contributed by atoms with Gasteiger partial charge in [0.1, 0.15) is 5.82 Å². The molecule has 1 heterocycles. The van der Waals surface area contributed by atoms with E-state index in [2.05, 4.69) is 4.98 Å². The lowest BCUT2D eigenvalue weighted by Crippen LogP contribution is -2.13. The van der Waals surface area contributed by atoms with Crippen molar-refractivity contribution < 1.29 is 12.8 Å². The van der Waals surface area contributed by atoms with Crippen LogP contribution in [0.4, 0.5) is 4.39 Å². The summed E-state index contributed by atoms with van der Waals surface area (Å²) < 4.78 is 35.6. The van der Waals surface area contributed by atoms with Crippen LogP contribution in [0.25, 0.3) is 0 Å². The molecule has 0 bridgehead atoms. The fourth-order valence-electron chi connectivity index (χ4n) is 1.16. The van der Waals surface area contributed by atoms with Crippen LogP contribution < -0.4 is 5.73 Å². The molecular weight excluding hydrogens is 219 g/mol. The third-order valence-corrected chi connectivity index (χ3v) is 3.49. The van der Waals surface area contributed by atoms with E-state index in [0.29, 0.717) is 18.5 Å². The van der Waals surface area contributed by atoms with E-state index in [1.165, 1.54) is 12.3 Å². The van der Waals surface area contributed by atoms with E-state index in [1.807, 2.05) is 0 Å². The van der Waals surface area contributed by atoms with Crippen molar-refractivity contribution >= 4 is 9.84 Å². The Morgan fingerprint density at radius 1 is 1.40 bits per heavy atom. The highest BCUT2D eigenvalue weighted by Gasteiger charge is 2.11. The number of hydrogen-bond acceptors (Lipinski definition) is 4. The fraction of sp³-hybridized carbons (Fsp3) is 0.444. The van der Waals surface area contributed by atoms with Gasteiger partial charge in [0.2, 0.25) is 0 Å². The second kappa shape index (κ2) is 5.18. The number of hydrogen-bond donors (Lipinski definition) is 1. The Morgan fingerprint density at radius 3 is 2.73 bits per heavy atom. The molecule has 0 amide bonds. The molecule has 1 aromatic heterocycles. The molecule has 0 saturated heterocycles. The van der Waals surface area contributed by atoms with Crippen molar-refractivity contribution in [3.05, 3.63) is 29.8 Å². The average molecular weight is 232 g/mol. The van der Waals surface area contributed by atoms with E-state index in [-0.39, 0.29) is 11.5 Å². The summed E-state index contributed by atoms with van der Waals surface area (Å²) in [4.78, 5) is 3.58. The van der Waals surface area contributed by atoms with Gasteiger partial charge in [-0.3, -0.25) is 4.98 Å². The van der Waals surface area contributed by atoms with Gasteiger partial charge in [-0.2, -0.15) is 0 Å². The molecule has 0 saturated carbocycles. The van der Waals surface area contributed by atoms with Gasteiger partial charge in [0.05, 0.1) is 17.7 Å². The molecule has 0 spiro atoms. The maximum absolute atomic E-state index is 12.7. The van der Waals surface area contributed by atoms with Crippen LogP contribution >= 0.6 is 0 Å². The molecule has 4 nitrogen and oxygen atoms in total. The lowest BCUT2D eigenvalue weighted by Gasteiger charge is -2.03. The molecule has 0 fully saturated rings. The summed E-state index contributed by atoms with van der Waals surface area (Å²) in [7, 11) is -3.20. The molecule has 1 aromatic rings. The fourth-order valence-corrected chi connectivity index (χ4v) is 2.58. The van der Waals surface area contributed by atoms with Crippen molar-refractivity contribution in [1.29, 1.82) is 0 Å². The van der Waals surface area contributed by atoms with Crippen molar-refractivity contribution in [2.45, 2.75) is 12.2 Å². The maximum atomic E-state index is 12.7. The van der Waals surface area contributed by atoms with Crippen molar-refractivity contribution in [2.24, 2.45) is 5.73 Å². The normalized spacial score (nSPS) is 11.6. The number of nitrogens with two attached hydrogens (primary N) is 1. The zero-order chi connectivity index (χ0) is 11.3. The predicted octanol–water partition coefficient (Wildman–Crippen LogP) is 0.484. The molecular formula is C9H13FN2O2S. The smallest absolute Gasteiger partial charge is 0.154 e. The summed E-state index contributed by atoms with van der Waals surface area (Å²) >= 11 is 0. The Bertz CT molecular complexity index is 420. The lowest BCUT2D eigenvalue weighted by atomic mass is 10.3. The summed E-state index contributed by atoms with van der Waals surface area (Å²) in [6.45, 7) is 0.334. The topological polar surface area (TPSA) is 73.1 Å². The first-order chi connectivity index (χ1) is 7.03. The third kappa shape index (κ3) is 4.35. The van der Waals surface area contributed by atoms with Gasteiger partial charge in [-0.05, 0) is 24.6 Å². The average Bonchev–Trinajstić information content (AvgIpc) is 2.14. The number of sulfone groups is 1. The van der Waals surface area contributed by atoms with Crippen LogP contribution in [0.5, 0.6) is 0 Å². The van der Waals surface area contributed by atoms with Gasteiger partial charge in [-0.1, -0.05) is 0 Å². The molecule has 0 atom stereocenters. The van der Waals surface area contributed by atoms with E-state index in [9.17, 15) is 12.8 Å². The number of rotatable bonds is 5. The van der Waals surface area contributed by atoms with Gasteiger partial charge in [0, 0.05) is 6.20 Å². The zero-order valence-corrected chi connectivity index (χ0v) is 9.00. The van der Waals surface area contributed by atoms with Gasteiger partial charge in [-0.15, -0.1) is 0 Å². The van der Waals surface area contributed by atoms with Crippen LogP contribution in [-0.4, -0.2) is 25.7 Å². The van der Waals surface area contributed by atoms with Crippen LogP contribution in [0, 0.1) is 5.82 Å². The first-order valence-electron chi connectivity index (χ1n) is 4.53. The summed E-state index contributed by atoms with van der Waals surface area (Å²) in [6.07, 6.45) is 2.81. The largest absolute Gasteiger partial charge is 0.330 e. The Morgan fingerprint density at radius 2 is 2.13 bits per heavy atom. The Hall–Kier alpha value is -1.01. The standard InChI is InChI=1S/C9H13FN2O2S/c10-9-4-8(5-12-6-9)7-15(13,14)3-1-2-11/h4-6H,1-3,7,11H2. The highest BCUT2D eigenvalue weighted by molar-refractivity contribution is 7.90. The van der Waals surface area contributed by atoms with Crippen LogP contribution in [0.2, 0.25) is 0 Å². The zero-order valence-electron chi connectivity index (χ0n) is 8.19. The summed E-state index contributed by atoms with van der Waals surface area (Å²) in [5.74, 6) is -0.681. The minimum Gasteiger partial charge on any atom is -0.330 e. The highest BCUT2D eigenvalue weighted by atomic mass is 32.2. The lowest BCUT2D eigenvalue weighted by molar-refractivity contribution is 0.591. The molecule has 0 aliphatic carbocycles. The van der Waals surface area contributed by atoms with Crippen LogP contribution in [0.3, 0.4) is 0 Å². The van der Waals surface area contributed by atoms with Crippen molar-refractivity contribution in [3.63, 3.8) is 0 Å². The van der Waals surface area contributed by atoms with Crippen molar-refractivity contribution in [3.8, 4) is 0 Å². The van der Waals surface area contributed by atoms with Crippen LogP contribution in [-0.2, 0) is 15.6 Å². The Kier molecular flexibility index (Phi) is 4.16. The molecule has 15 heavy (non-hydrogen) atoms. The molecule has 0 aliphatic heterocycles. The Labute approximate surface area is 88.2 Å². The molecule has 0 radical (unpaired) electrons. The maximum Gasteiger partial charge on any atom is 0.154 e. The third-order valence-electron chi connectivity index (χ3n) is 1.81. The summed E-state index contributed by atoms with van der Waals surface area (Å²) in [5.41, 5.74) is 5.58. The SMILES string of the molecule is NCCCS(=O)(=O)Cc1cncc(F)c1. The van der Waals surface area contributed by atoms with Crippen LogP contribution in [0.1, 0.15) is 12.0 Å². The van der Waals surface area contributed by atoms with Gasteiger partial charge >= 0.3 is 0 Å². The monoisotopic (exact) mass is 232 g/mol. The van der Waals surface area contributed by atoms with Gasteiger partial charge < -0.3 is 5.73 Å². The quantitative estimate of drug-likeness (QED) is 0.801. The molecule has 0 aliphatic rings. The second-order valence-corrected chi connectivity index (χ2v) is 5.43. The molecule has 1 rings (SSSR count). The van der Waals surface area contributed by atoms with Crippen molar-refractivity contribution in [1.82, 2.24) is 4.98 Å². The minimum atomic E-state index is -3.20. The minimum absolute atomic E-state index is 0.0278. The molecule has 2 N–H and O–H groups in total. The number of halogens is 1. The van der Waals surface area contributed by atoms with E-state index >= 15 is 0 Å². The van der Waals surface area contributed by atoms with Gasteiger partial charge in [0.25, 0.3) is 0 Å². The molecule has 6 heteroatoms.